The highest BCUT2D eigenvalue weighted by Gasteiger charge is 2.51. The maximum atomic E-state index is 5.70. The fraction of sp³-hybridized carbons (Fsp3) is 0.0345. The van der Waals surface area contributed by atoms with Crippen molar-refractivity contribution in [2.45, 2.75) is 5.41 Å². The fourth-order valence-electron chi connectivity index (χ4n) is 5.70. The van der Waals surface area contributed by atoms with Gasteiger partial charge in [-0.3, -0.25) is 0 Å². The Balaban J connectivity index is 1.64. The number of hydrogen-bond donors (Lipinski definition) is 0. The quantitative estimate of drug-likeness (QED) is 0.290. The first-order valence-electron chi connectivity index (χ1n) is 10.4. The van der Waals surface area contributed by atoms with Crippen LogP contribution in [-0.2, 0) is 5.41 Å². The van der Waals surface area contributed by atoms with E-state index in [1.807, 2.05) is 12.1 Å². The molecule has 4 aromatic carbocycles. The average molecular weight is 382 g/mol. The minimum atomic E-state index is -0.263. The number of rotatable bonds is 1. The van der Waals surface area contributed by atoms with E-state index in [1.165, 1.54) is 44.5 Å². The number of fused-ring (bicyclic) bond motifs is 10. The van der Waals surface area contributed by atoms with Gasteiger partial charge in [0.05, 0.1) is 11.7 Å². The lowest BCUT2D eigenvalue weighted by atomic mass is 9.70. The minimum Gasteiger partial charge on any atom is -0.464 e. The molecule has 0 atom stereocenters. The van der Waals surface area contributed by atoms with Crippen molar-refractivity contribution >= 4 is 0 Å². The number of hydrogen-bond acceptors (Lipinski definition) is 1. The van der Waals surface area contributed by atoms with Gasteiger partial charge in [-0.25, -0.2) is 0 Å². The van der Waals surface area contributed by atoms with Gasteiger partial charge >= 0.3 is 0 Å². The highest BCUT2D eigenvalue weighted by Crippen LogP contribution is 2.62. The molecular weight excluding hydrogens is 364 g/mol. The standard InChI is InChI=1S/C29H18O/c1-4-11-24-20(8-1)21-9-2-5-12-25(21)29(24)26-13-6-3-10-22(26)23-18-19(15-16-27(23)29)28-14-7-17-30-28/h1-18H. The Hall–Kier alpha value is -3.84. The second-order valence-electron chi connectivity index (χ2n) is 8.12. The van der Waals surface area contributed by atoms with E-state index in [0.717, 1.165) is 11.3 Å². The molecule has 7 rings (SSSR count). The summed E-state index contributed by atoms with van der Waals surface area (Å²) < 4.78 is 5.70. The topological polar surface area (TPSA) is 13.1 Å². The monoisotopic (exact) mass is 382 g/mol. The van der Waals surface area contributed by atoms with Crippen LogP contribution in [0.4, 0.5) is 0 Å². The van der Waals surface area contributed by atoms with Crippen LogP contribution >= 0.6 is 0 Å². The van der Waals surface area contributed by atoms with Crippen molar-refractivity contribution in [2.24, 2.45) is 0 Å². The normalized spacial score (nSPS) is 14.3. The summed E-state index contributed by atoms with van der Waals surface area (Å²) in [5.41, 5.74) is 11.6. The Labute approximate surface area is 175 Å². The highest BCUT2D eigenvalue weighted by atomic mass is 16.3. The summed E-state index contributed by atoms with van der Waals surface area (Å²) in [4.78, 5) is 0. The van der Waals surface area contributed by atoms with Gasteiger partial charge in [0.25, 0.3) is 0 Å². The fourth-order valence-corrected chi connectivity index (χ4v) is 5.70. The molecule has 0 bridgehead atoms. The lowest BCUT2D eigenvalue weighted by Gasteiger charge is -2.30. The largest absolute Gasteiger partial charge is 0.464 e. The van der Waals surface area contributed by atoms with E-state index in [2.05, 4.69) is 91.0 Å². The van der Waals surface area contributed by atoms with Crippen molar-refractivity contribution in [1.82, 2.24) is 0 Å². The maximum absolute atomic E-state index is 5.70. The Morgan fingerprint density at radius 1 is 0.467 bits per heavy atom. The van der Waals surface area contributed by atoms with Gasteiger partial charge in [-0.2, -0.15) is 0 Å². The molecule has 0 unspecified atom stereocenters. The van der Waals surface area contributed by atoms with Gasteiger partial charge in [0.15, 0.2) is 0 Å². The average Bonchev–Trinajstić information content (AvgIpc) is 3.51. The van der Waals surface area contributed by atoms with Gasteiger partial charge < -0.3 is 4.42 Å². The Morgan fingerprint density at radius 2 is 1.00 bits per heavy atom. The van der Waals surface area contributed by atoms with Crippen LogP contribution in [-0.4, -0.2) is 0 Å². The van der Waals surface area contributed by atoms with E-state index in [-0.39, 0.29) is 5.41 Å². The van der Waals surface area contributed by atoms with E-state index in [1.54, 1.807) is 6.26 Å². The van der Waals surface area contributed by atoms with Gasteiger partial charge in [-0.15, -0.1) is 0 Å². The van der Waals surface area contributed by atoms with E-state index in [4.69, 9.17) is 4.42 Å². The second-order valence-corrected chi connectivity index (χ2v) is 8.12. The van der Waals surface area contributed by atoms with E-state index in [0.29, 0.717) is 0 Å². The van der Waals surface area contributed by atoms with Crippen LogP contribution in [0.1, 0.15) is 22.3 Å². The molecule has 1 heterocycles. The van der Waals surface area contributed by atoms with Gasteiger partial charge in [-0.1, -0.05) is 84.9 Å². The SMILES string of the molecule is c1coc(-c2ccc3c(c2)-c2ccccc2C32c3ccccc3-c3ccccc32)c1. The molecule has 1 aromatic heterocycles. The molecule has 2 aliphatic carbocycles. The predicted octanol–water partition coefficient (Wildman–Crippen LogP) is 7.29. The number of benzene rings is 4. The first-order valence-corrected chi connectivity index (χ1v) is 10.4. The molecule has 5 aromatic rings. The van der Waals surface area contributed by atoms with Gasteiger partial charge in [0, 0.05) is 5.56 Å². The molecule has 30 heavy (non-hydrogen) atoms. The zero-order valence-corrected chi connectivity index (χ0v) is 16.3. The van der Waals surface area contributed by atoms with Crippen LogP contribution in [0.25, 0.3) is 33.6 Å². The lowest BCUT2D eigenvalue weighted by molar-refractivity contribution is 0.582. The minimum absolute atomic E-state index is 0.263. The summed E-state index contributed by atoms with van der Waals surface area (Å²) in [5, 5.41) is 0. The van der Waals surface area contributed by atoms with Crippen molar-refractivity contribution in [2.75, 3.05) is 0 Å². The highest BCUT2D eigenvalue weighted by molar-refractivity contribution is 5.95. The summed E-state index contributed by atoms with van der Waals surface area (Å²) in [6.07, 6.45) is 1.74. The van der Waals surface area contributed by atoms with E-state index in [9.17, 15) is 0 Å². The second kappa shape index (κ2) is 5.61. The van der Waals surface area contributed by atoms with Crippen LogP contribution in [0.15, 0.2) is 114 Å². The Bertz CT molecular complexity index is 1390. The molecule has 0 saturated carbocycles. The first-order chi connectivity index (χ1) is 14.9. The molecule has 0 N–H and O–H groups in total. The van der Waals surface area contributed by atoms with Crippen LogP contribution in [0.3, 0.4) is 0 Å². The maximum Gasteiger partial charge on any atom is 0.133 e. The lowest BCUT2D eigenvalue weighted by Crippen LogP contribution is -2.25. The van der Waals surface area contributed by atoms with Crippen LogP contribution in [0.2, 0.25) is 0 Å². The van der Waals surface area contributed by atoms with E-state index >= 15 is 0 Å². The van der Waals surface area contributed by atoms with Crippen molar-refractivity contribution in [3.8, 4) is 33.6 Å². The third kappa shape index (κ3) is 1.79. The summed E-state index contributed by atoms with van der Waals surface area (Å²) in [7, 11) is 0. The van der Waals surface area contributed by atoms with Crippen LogP contribution in [0, 0.1) is 0 Å². The molecule has 1 spiro atoms. The summed E-state index contributed by atoms with van der Waals surface area (Å²) in [6, 6.07) is 37.5. The molecule has 0 radical (unpaired) electrons. The molecule has 0 saturated heterocycles. The Kier molecular flexibility index (Phi) is 2.99. The summed E-state index contributed by atoms with van der Waals surface area (Å²) >= 11 is 0. The van der Waals surface area contributed by atoms with Crippen molar-refractivity contribution in [3.63, 3.8) is 0 Å². The zero-order valence-electron chi connectivity index (χ0n) is 16.3. The third-order valence-electron chi connectivity index (χ3n) is 6.80. The molecule has 1 heteroatoms. The predicted molar refractivity (Wildman–Crippen MR) is 120 cm³/mol. The molecule has 0 aliphatic heterocycles. The van der Waals surface area contributed by atoms with Crippen molar-refractivity contribution in [3.05, 3.63) is 132 Å². The Morgan fingerprint density at radius 3 is 1.57 bits per heavy atom. The van der Waals surface area contributed by atoms with Gasteiger partial charge in [0.1, 0.15) is 5.76 Å². The van der Waals surface area contributed by atoms with Gasteiger partial charge in [0.2, 0.25) is 0 Å². The van der Waals surface area contributed by atoms with Gasteiger partial charge in [-0.05, 0) is 62.7 Å². The van der Waals surface area contributed by atoms with Crippen LogP contribution in [0.5, 0.6) is 0 Å². The summed E-state index contributed by atoms with van der Waals surface area (Å²) in [6.45, 7) is 0. The number of furan rings is 1. The van der Waals surface area contributed by atoms with E-state index < -0.39 is 0 Å². The molecule has 0 amide bonds. The van der Waals surface area contributed by atoms with Crippen molar-refractivity contribution in [1.29, 1.82) is 0 Å². The molecule has 0 fully saturated rings. The zero-order chi connectivity index (χ0) is 19.7. The van der Waals surface area contributed by atoms with Crippen LogP contribution < -0.4 is 0 Å². The molecule has 140 valence electrons. The third-order valence-corrected chi connectivity index (χ3v) is 6.80. The van der Waals surface area contributed by atoms with Crippen molar-refractivity contribution < 1.29 is 4.42 Å². The molecule has 1 nitrogen and oxygen atoms in total. The summed E-state index contributed by atoms with van der Waals surface area (Å²) in [5.74, 6) is 0.906. The molecule has 2 aliphatic rings. The smallest absolute Gasteiger partial charge is 0.133 e. The molecular formula is C29H18O. The first kappa shape index (κ1) is 16.0.